The van der Waals surface area contributed by atoms with Crippen LogP contribution in [-0.4, -0.2) is 22.6 Å². The number of hydrogen-bond donors (Lipinski definition) is 1. The first kappa shape index (κ1) is 11.9. The maximum absolute atomic E-state index is 13.2. The highest BCUT2D eigenvalue weighted by Crippen LogP contribution is 2.26. The minimum Gasteiger partial charge on any atom is -0.479 e. The number of ether oxygens (including phenoxy) is 1. The Morgan fingerprint density at radius 2 is 2.25 bits per heavy atom. The zero-order chi connectivity index (χ0) is 12.3. The van der Waals surface area contributed by atoms with Gasteiger partial charge in [0.2, 0.25) is 0 Å². The molecule has 0 fully saturated rings. The summed E-state index contributed by atoms with van der Waals surface area (Å²) in [6.45, 7) is 0.708. The Hall–Kier alpha value is -2.18. The third-order valence-electron chi connectivity index (χ3n) is 1.80. The summed E-state index contributed by atoms with van der Waals surface area (Å²) in [5.74, 6) is -2.53. The lowest BCUT2D eigenvalue weighted by atomic mass is 10.2. The Morgan fingerprint density at radius 3 is 2.75 bits per heavy atom. The molecule has 7 heteroatoms. The predicted molar refractivity (Wildman–Crippen MR) is 50.9 cm³/mol. The van der Waals surface area contributed by atoms with Gasteiger partial charge in [-0.25, -0.2) is 9.18 Å². The van der Waals surface area contributed by atoms with Gasteiger partial charge in [0.1, 0.15) is 0 Å². The summed E-state index contributed by atoms with van der Waals surface area (Å²) in [4.78, 5) is 19.9. The number of nitro benzene ring substituents is 1. The van der Waals surface area contributed by atoms with Crippen LogP contribution in [0.15, 0.2) is 12.1 Å². The number of nitro groups is 1. The number of aliphatic carboxylic acids is 1. The molecule has 0 amide bonds. The van der Waals surface area contributed by atoms with Crippen LogP contribution in [0.25, 0.3) is 0 Å². The number of carboxylic acids is 1. The molecule has 0 radical (unpaired) electrons. The van der Waals surface area contributed by atoms with E-state index in [9.17, 15) is 19.3 Å². The molecule has 0 bridgehead atoms. The number of hydrogen-bond acceptors (Lipinski definition) is 4. The highest BCUT2D eigenvalue weighted by molar-refractivity contribution is 5.68. The Labute approximate surface area is 89.4 Å². The van der Waals surface area contributed by atoms with E-state index in [0.717, 1.165) is 6.07 Å². The van der Waals surface area contributed by atoms with E-state index in [1.807, 2.05) is 0 Å². The quantitative estimate of drug-likeness (QED) is 0.624. The summed E-state index contributed by atoms with van der Waals surface area (Å²) in [6.07, 6.45) is 0. The van der Waals surface area contributed by atoms with Crippen molar-refractivity contribution in [1.29, 1.82) is 0 Å². The Bertz CT molecular complexity index is 446. The van der Waals surface area contributed by atoms with E-state index in [1.54, 1.807) is 0 Å². The molecule has 0 spiro atoms. The van der Waals surface area contributed by atoms with Gasteiger partial charge in [-0.2, -0.15) is 0 Å². The topological polar surface area (TPSA) is 89.7 Å². The van der Waals surface area contributed by atoms with Crippen LogP contribution in [0.5, 0.6) is 5.75 Å². The second-order valence-corrected chi connectivity index (χ2v) is 3.01. The normalized spacial score (nSPS) is 9.88. The molecule has 0 heterocycles. The van der Waals surface area contributed by atoms with Crippen LogP contribution < -0.4 is 4.74 Å². The maximum Gasteiger partial charge on any atom is 0.341 e. The standard InChI is InChI=1S/C9H8FNO5/c1-5-2-8(16-4-9(12)13)6(10)3-7(5)11(14)15/h2-3H,4H2,1H3,(H,12,13). The van der Waals surface area contributed by atoms with Crippen LogP contribution in [0.4, 0.5) is 10.1 Å². The first-order valence-corrected chi connectivity index (χ1v) is 4.21. The number of aryl methyl sites for hydroxylation is 1. The van der Waals surface area contributed by atoms with Crippen LogP contribution in [0.1, 0.15) is 5.56 Å². The number of rotatable bonds is 4. The lowest BCUT2D eigenvalue weighted by Gasteiger charge is -2.05. The van der Waals surface area contributed by atoms with Gasteiger partial charge in [-0.15, -0.1) is 0 Å². The number of carbonyl (C=O) groups is 1. The first-order valence-electron chi connectivity index (χ1n) is 4.21. The molecule has 6 nitrogen and oxygen atoms in total. The van der Waals surface area contributed by atoms with E-state index in [-0.39, 0.29) is 17.0 Å². The molecule has 0 aliphatic rings. The molecule has 1 aromatic carbocycles. The van der Waals surface area contributed by atoms with Gasteiger partial charge in [-0.1, -0.05) is 0 Å². The summed E-state index contributed by atoms with van der Waals surface area (Å²) in [7, 11) is 0. The summed E-state index contributed by atoms with van der Waals surface area (Å²) in [5, 5.41) is 18.8. The van der Waals surface area contributed by atoms with Gasteiger partial charge in [-0.05, 0) is 13.0 Å². The van der Waals surface area contributed by atoms with Crippen LogP contribution in [0.3, 0.4) is 0 Å². The summed E-state index contributed by atoms with van der Waals surface area (Å²) >= 11 is 0. The van der Waals surface area contributed by atoms with Crippen molar-refractivity contribution in [3.63, 3.8) is 0 Å². The molecule has 86 valence electrons. The highest BCUT2D eigenvalue weighted by atomic mass is 19.1. The zero-order valence-electron chi connectivity index (χ0n) is 8.27. The third kappa shape index (κ3) is 2.66. The summed E-state index contributed by atoms with van der Waals surface area (Å²) in [6, 6.07) is 1.79. The fourth-order valence-corrected chi connectivity index (χ4v) is 1.09. The van der Waals surface area contributed by atoms with Crippen molar-refractivity contribution < 1.29 is 24.0 Å². The number of carboxylic acid groups (broad SMARTS) is 1. The van der Waals surface area contributed by atoms with Crippen molar-refractivity contribution in [2.75, 3.05) is 6.61 Å². The fraction of sp³-hybridized carbons (Fsp3) is 0.222. The smallest absolute Gasteiger partial charge is 0.341 e. The van der Waals surface area contributed by atoms with Gasteiger partial charge in [0.25, 0.3) is 5.69 Å². The Balaban J connectivity index is 3.01. The van der Waals surface area contributed by atoms with Gasteiger partial charge in [-0.3, -0.25) is 10.1 Å². The predicted octanol–water partition coefficient (Wildman–Crippen LogP) is 1.51. The van der Waals surface area contributed by atoms with Crippen LogP contribution in [0, 0.1) is 22.9 Å². The van der Waals surface area contributed by atoms with E-state index < -0.39 is 23.3 Å². The molecule has 0 aliphatic heterocycles. The molecule has 1 aromatic rings. The minimum absolute atomic E-state index is 0.201. The molecule has 16 heavy (non-hydrogen) atoms. The average Bonchev–Trinajstić information content (AvgIpc) is 2.18. The van der Waals surface area contributed by atoms with Gasteiger partial charge in [0.15, 0.2) is 18.2 Å². The van der Waals surface area contributed by atoms with E-state index in [4.69, 9.17) is 5.11 Å². The Kier molecular flexibility index (Phi) is 3.39. The van der Waals surface area contributed by atoms with Gasteiger partial charge < -0.3 is 9.84 Å². The van der Waals surface area contributed by atoms with Crippen molar-refractivity contribution >= 4 is 11.7 Å². The summed E-state index contributed by atoms with van der Waals surface area (Å²) in [5.41, 5.74) is -0.174. The van der Waals surface area contributed by atoms with Crippen molar-refractivity contribution in [3.8, 4) is 5.75 Å². The van der Waals surface area contributed by atoms with Crippen molar-refractivity contribution in [2.24, 2.45) is 0 Å². The molecule has 1 rings (SSSR count). The molecular weight excluding hydrogens is 221 g/mol. The molecule has 0 atom stereocenters. The molecule has 0 aromatic heterocycles. The number of benzene rings is 1. The van der Waals surface area contributed by atoms with Crippen molar-refractivity contribution in [3.05, 3.63) is 33.6 Å². The highest BCUT2D eigenvalue weighted by Gasteiger charge is 2.16. The second-order valence-electron chi connectivity index (χ2n) is 3.01. The number of nitrogens with zero attached hydrogens (tertiary/aromatic N) is 1. The molecule has 1 N–H and O–H groups in total. The minimum atomic E-state index is -1.25. The largest absolute Gasteiger partial charge is 0.479 e. The van der Waals surface area contributed by atoms with Crippen LogP contribution in [0.2, 0.25) is 0 Å². The number of halogens is 1. The van der Waals surface area contributed by atoms with Gasteiger partial charge >= 0.3 is 5.97 Å². The first-order chi connectivity index (χ1) is 7.41. The summed E-state index contributed by atoms with van der Waals surface area (Å²) < 4.78 is 17.8. The van der Waals surface area contributed by atoms with Crippen LogP contribution in [-0.2, 0) is 4.79 Å². The van der Waals surface area contributed by atoms with Gasteiger partial charge in [0, 0.05) is 5.56 Å². The third-order valence-corrected chi connectivity index (χ3v) is 1.80. The Morgan fingerprint density at radius 1 is 1.62 bits per heavy atom. The van der Waals surface area contributed by atoms with E-state index in [2.05, 4.69) is 4.74 Å². The van der Waals surface area contributed by atoms with Crippen molar-refractivity contribution in [1.82, 2.24) is 0 Å². The lowest BCUT2D eigenvalue weighted by Crippen LogP contribution is -2.10. The zero-order valence-corrected chi connectivity index (χ0v) is 8.27. The lowest BCUT2D eigenvalue weighted by molar-refractivity contribution is -0.385. The van der Waals surface area contributed by atoms with E-state index >= 15 is 0 Å². The van der Waals surface area contributed by atoms with Crippen molar-refractivity contribution in [2.45, 2.75) is 6.92 Å². The second kappa shape index (κ2) is 4.56. The maximum atomic E-state index is 13.2. The molecule has 0 saturated heterocycles. The van der Waals surface area contributed by atoms with E-state index in [1.165, 1.54) is 6.92 Å². The molecule has 0 aliphatic carbocycles. The van der Waals surface area contributed by atoms with Gasteiger partial charge in [0.05, 0.1) is 11.0 Å². The SMILES string of the molecule is Cc1cc(OCC(=O)O)c(F)cc1[N+](=O)[O-]. The molecule has 0 saturated carbocycles. The monoisotopic (exact) mass is 229 g/mol. The van der Waals surface area contributed by atoms with Crippen LogP contribution >= 0.6 is 0 Å². The molecule has 0 unspecified atom stereocenters. The van der Waals surface area contributed by atoms with E-state index in [0.29, 0.717) is 6.07 Å². The average molecular weight is 229 g/mol. The fourth-order valence-electron chi connectivity index (χ4n) is 1.09. The molecular formula is C9H8FNO5.